The fraction of sp³-hybridized carbons (Fsp3) is 0.583. The van der Waals surface area contributed by atoms with E-state index in [1.54, 1.807) is 0 Å². The molecule has 1 N–H and O–H groups in total. The van der Waals surface area contributed by atoms with Gasteiger partial charge in [-0.1, -0.05) is 42.1 Å². The third-order valence-electron chi connectivity index (χ3n) is 2.51. The molecular formula is C12H18Cl2N2. The van der Waals surface area contributed by atoms with E-state index in [1.165, 1.54) is 5.57 Å². The maximum atomic E-state index is 6.17. The molecule has 0 amide bonds. The molecule has 4 heteroatoms. The molecule has 0 saturated carbocycles. The molecule has 0 aromatic carbocycles. The number of aliphatic imine (C=N–C) groups is 1. The van der Waals surface area contributed by atoms with Gasteiger partial charge in [-0.3, -0.25) is 0 Å². The minimum absolute atomic E-state index is 0.491. The molecule has 16 heavy (non-hydrogen) atoms. The second-order valence-electron chi connectivity index (χ2n) is 3.90. The molecule has 1 aliphatic rings. The molecule has 0 radical (unpaired) electrons. The third kappa shape index (κ3) is 4.28. The summed E-state index contributed by atoms with van der Waals surface area (Å²) < 4.78 is 0. The Morgan fingerprint density at radius 2 is 2.25 bits per heavy atom. The van der Waals surface area contributed by atoms with Gasteiger partial charge in [-0.15, -0.1) is 0 Å². The van der Waals surface area contributed by atoms with Crippen LogP contribution in [0.3, 0.4) is 0 Å². The van der Waals surface area contributed by atoms with Crippen LogP contribution in [0.5, 0.6) is 0 Å². The Morgan fingerprint density at radius 1 is 1.50 bits per heavy atom. The number of unbranched alkanes of at least 4 members (excludes halogenated alkanes) is 1. The van der Waals surface area contributed by atoms with Crippen molar-refractivity contribution in [3.8, 4) is 0 Å². The number of hydrogen-bond acceptors (Lipinski definition) is 2. The quantitative estimate of drug-likeness (QED) is 0.604. The van der Waals surface area contributed by atoms with Crippen molar-refractivity contribution in [1.82, 2.24) is 5.32 Å². The Hall–Kier alpha value is -0.310. The summed E-state index contributed by atoms with van der Waals surface area (Å²) in [4.78, 5) is 4.21. The van der Waals surface area contributed by atoms with Crippen LogP contribution in [0.1, 0.15) is 33.1 Å². The summed E-state index contributed by atoms with van der Waals surface area (Å²) in [5, 5.41) is 4.32. The Morgan fingerprint density at radius 3 is 2.88 bits per heavy atom. The Balaban J connectivity index is 2.76. The van der Waals surface area contributed by atoms with Crippen LogP contribution in [-0.4, -0.2) is 18.3 Å². The van der Waals surface area contributed by atoms with Crippen LogP contribution in [0, 0.1) is 0 Å². The molecule has 0 aromatic heterocycles. The van der Waals surface area contributed by atoms with Crippen molar-refractivity contribution >= 4 is 28.4 Å². The highest BCUT2D eigenvalue weighted by atomic mass is 35.5. The van der Waals surface area contributed by atoms with Crippen LogP contribution in [0.15, 0.2) is 27.4 Å². The first-order valence-electron chi connectivity index (χ1n) is 5.64. The van der Waals surface area contributed by atoms with Gasteiger partial charge in [-0.05, 0) is 38.0 Å². The van der Waals surface area contributed by atoms with Crippen LogP contribution in [0.25, 0.3) is 0 Å². The van der Waals surface area contributed by atoms with Gasteiger partial charge in [0.05, 0.1) is 0 Å². The van der Waals surface area contributed by atoms with Gasteiger partial charge in [-0.2, -0.15) is 0 Å². The number of halogens is 2. The third-order valence-corrected chi connectivity index (χ3v) is 3.06. The maximum Gasteiger partial charge on any atom is 0.134 e. The Bertz CT molecular complexity index is 330. The normalized spacial score (nSPS) is 19.2. The fourth-order valence-electron chi connectivity index (χ4n) is 1.56. The standard InChI is InChI=1S/C12H18Cl2N2/c1-3-4-5-11(13)16-12(14)10-6-7-15-8-9(10)2/h5,15H,3-4,6-8H2,1-2H3/b11-5+,16-12+. The van der Waals surface area contributed by atoms with Gasteiger partial charge in [0.2, 0.25) is 0 Å². The lowest BCUT2D eigenvalue weighted by atomic mass is 10.0. The molecule has 0 saturated heterocycles. The average molecular weight is 261 g/mol. The molecule has 1 heterocycles. The topological polar surface area (TPSA) is 24.4 Å². The first-order chi connectivity index (χ1) is 7.65. The van der Waals surface area contributed by atoms with Crippen molar-refractivity contribution in [2.24, 2.45) is 4.99 Å². The van der Waals surface area contributed by atoms with Crippen LogP contribution in [-0.2, 0) is 0 Å². The number of allylic oxidation sites excluding steroid dienone is 1. The zero-order valence-electron chi connectivity index (χ0n) is 9.82. The zero-order valence-corrected chi connectivity index (χ0v) is 11.3. The van der Waals surface area contributed by atoms with Crippen molar-refractivity contribution in [3.63, 3.8) is 0 Å². The van der Waals surface area contributed by atoms with Gasteiger partial charge in [0.1, 0.15) is 10.3 Å². The number of rotatable bonds is 4. The van der Waals surface area contributed by atoms with E-state index in [2.05, 4.69) is 24.2 Å². The summed E-state index contributed by atoms with van der Waals surface area (Å²) in [5.41, 5.74) is 2.38. The highest BCUT2D eigenvalue weighted by molar-refractivity contribution is 6.70. The maximum absolute atomic E-state index is 6.17. The molecule has 2 nitrogen and oxygen atoms in total. The van der Waals surface area contributed by atoms with Gasteiger partial charge in [0.25, 0.3) is 0 Å². The largest absolute Gasteiger partial charge is 0.313 e. The molecule has 0 atom stereocenters. The van der Waals surface area contributed by atoms with Crippen LogP contribution < -0.4 is 5.32 Å². The average Bonchev–Trinajstić information content (AvgIpc) is 2.26. The molecule has 0 fully saturated rings. The summed E-state index contributed by atoms with van der Waals surface area (Å²) in [6.45, 7) is 6.01. The highest BCUT2D eigenvalue weighted by Crippen LogP contribution is 2.19. The molecular weight excluding hydrogens is 243 g/mol. The SMILES string of the molecule is CCC/C=C(Cl)/N=C(/Cl)C1=C(C)CNCC1. The molecule has 1 aliphatic heterocycles. The molecule has 1 rings (SSSR count). The Kier molecular flexibility index (Phi) is 6.10. The van der Waals surface area contributed by atoms with Gasteiger partial charge in [0.15, 0.2) is 0 Å². The minimum atomic E-state index is 0.491. The summed E-state index contributed by atoms with van der Waals surface area (Å²) >= 11 is 12.1. The first-order valence-corrected chi connectivity index (χ1v) is 6.40. The van der Waals surface area contributed by atoms with E-state index in [1.807, 2.05) is 6.08 Å². The van der Waals surface area contributed by atoms with E-state index in [9.17, 15) is 0 Å². The van der Waals surface area contributed by atoms with Crippen molar-refractivity contribution in [2.75, 3.05) is 13.1 Å². The van der Waals surface area contributed by atoms with Gasteiger partial charge >= 0.3 is 0 Å². The van der Waals surface area contributed by atoms with Gasteiger partial charge < -0.3 is 5.32 Å². The summed E-state index contributed by atoms with van der Waals surface area (Å²) in [6, 6.07) is 0. The zero-order chi connectivity index (χ0) is 12.0. The number of hydrogen-bond donors (Lipinski definition) is 1. The van der Waals surface area contributed by atoms with E-state index in [4.69, 9.17) is 23.2 Å². The first kappa shape index (κ1) is 13.8. The fourth-order valence-corrected chi connectivity index (χ4v) is 2.14. The second kappa shape index (κ2) is 7.10. The molecule has 0 spiro atoms. The lowest BCUT2D eigenvalue weighted by Gasteiger charge is -2.17. The predicted molar refractivity (Wildman–Crippen MR) is 72.3 cm³/mol. The van der Waals surface area contributed by atoms with Crippen LogP contribution in [0.2, 0.25) is 0 Å². The molecule has 90 valence electrons. The summed E-state index contributed by atoms with van der Waals surface area (Å²) in [5.74, 6) is 0. The van der Waals surface area contributed by atoms with Crippen LogP contribution >= 0.6 is 23.2 Å². The lowest BCUT2D eigenvalue weighted by molar-refractivity contribution is 0.691. The lowest BCUT2D eigenvalue weighted by Crippen LogP contribution is -2.25. The predicted octanol–water partition coefficient (Wildman–Crippen LogP) is 3.81. The molecule has 0 aromatic rings. The summed E-state index contributed by atoms with van der Waals surface area (Å²) in [7, 11) is 0. The van der Waals surface area contributed by atoms with Crippen molar-refractivity contribution in [2.45, 2.75) is 33.1 Å². The van der Waals surface area contributed by atoms with Crippen molar-refractivity contribution in [1.29, 1.82) is 0 Å². The van der Waals surface area contributed by atoms with E-state index >= 15 is 0 Å². The molecule has 0 unspecified atom stereocenters. The smallest absolute Gasteiger partial charge is 0.134 e. The Labute approximate surface area is 107 Å². The van der Waals surface area contributed by atoms with Crippen molar-refractivity contribution in [3.05, 3.63) is 22.4 Å². The van der Waals surface area contributed by atoms with E-state index < -0.39 is 0 Å². The van der Waals surface area contributed by atoms with Gasteiger partial charge in [0, 0.05) is 6.54 Å². The van der Waals surface area contributed by atoms with E-state index in [-0.39, 0.29) is 0 Å². The minimum Gasteiger partial charge on any atom is -0.313 e. The van der Waals surface area contributed by atoms with Crippen LogP contribution in [0.4, 0.5) is 0 Å². The summed E-state index contributed by atoms with van der Waals surface area (Å²) in [6.07, 6.45) is 4.83. The van der Waals surface area contributed by atoms with Gasteiger partial charge in [-0.25, -0.2) is 4.99 Å². The van der Waals surface area contributed by atoms with Crippen molar-refractivity contribution < 1.29 is 0 Å². The van der Waals surface area contributed by atoms with E-state index in [0.717, 1.165) is 37.9 Å². The molecule has 0 bridgehead atoms. The highest BCUT2D eigenvalue weighted by Gasteiger charge is 2.12. The second-order valence-corrected chi connectivity index (χ2v) is 4.65. The monoisotopic (exact) mass is 260 g/mol. The number of nitrogens with zero attached hydrogens (tertiary/aromatic N) is 1. The molecule has 0 aliphatic carbocycles. The van der Waals surface area contributed by atoms with E-state index in [0.29, 0.717) is 10.3 Å². The number of nitrogens with one attached hydrogen (secondary N) is 1.